The molecule has 1 aliphatic rings. The summed E-state index contributed by atoms with van der Waals surface area (Å²) in [4.78, 5) is 0. The normalized spacial score (nSPS) is 22.6. The van der Waals surface area contributed by atoms with Gasteiger partial charge in [-0.15, -0.1) is 0 Å². The lowest BCUT2D eigenvalue weighted by Crippen LogP contribution is -2.18. The minimum atomic E-state index is 0.358. The van der Waals surface area contributed by atoms with Gasteiger partial charge in [-0.05, 0) is 47.7 Å². The number of rotatable bonds is 4. The van der Waals surface area contributed by atoms with Crippen molar-refractivity contribution in [2.24, 2.45) is 11.7 Å². The van der Waals surface area contributed by atoms with Crippen LogP contribution in [0.25, 0.3) is 5.69 Å². The molecule has 0 bridgehead atoms. The lowest BCUT2D eigenvalue weighted by atomic mass is 10.1. The van der Waals surface area contributed by atoms with Crippen LogP contribution >= 0.6 is 0 Å². The van der Waals surface area contributed by atoms with Crippen molar-refractivity contribution in [3.63, 3.8) is 0 Å². The summed E-state index contributed by atoms with van der Waals surface area (Å²) >= 11 is 0. The van der Waals surface area contributed by atoms with Crippen LogP contribution in [-0.2, 0) is 0 Å². The van der Waals surface area contributed by atoms with E-state index >= 15 is 0 Å². The van der Waals surface area contributed by atoms with Gasteiger partial charge in [-0.25, -0.2) is 0 Å². The van der Waals surface area contributed by atoms with Crippen LogP contribution in [0.5, 0.6) is 0 Å². The van der Waals surface area contributed by atoms with E-state index in [-0.39, 0.29) is 0 Å². The Balaban J connectivity index is 1.67. The Hall–Kier alpha value is -1.95. The fourth-order valence-corrected chi connectivity index (χ4v) is 2.58. The van der Waals surface area contributed by atoms with Crippen molar-refractivity contribution in [2.45, 2.75) is 25.3 Å². The molecular weight excluding hydrogens is 240 g/mol. The molecule has 1 fully saturated rings. The summed E-state index contributed by atoms with van der Waals surface area (Å²) in [5.74, 6) is 1.31. The average Bonchev–Trinajstić information content (AvgIpc) is 3.06. The highest BCUT2D eigenvalue weighted by Gasteiger charge is 2.22. The number of nitrogens with two attached hydrogens (primary N) is 1. The number of nitrogens with one attached hydrogen (secondary N) is 1. The third-order valence-electron chi connectivity index (χ3n) is 3.60. The van der Waals surface area contributed by atoms with Crippen molar-refractivity contribution in [3.05, 3.63) is 30.3 Å². The topological polar surface area (TPSA) is 81.7 Å². The van der Waals surface area contributed by atoms with Crippen LogP contribution in [0.15, 0.2) is 30.3 Å². The van der Waals surface area contributed by atoms with Gasteiger partial charge >= 0.3 is 0 Å². The van der Waals surface area contributed by atoms with Gasteiger partial charge in [0.25, 0.3) is 0 Å². The zero-order valence-corrected chi connectivity index (χ0v) is 10.7. The summed E-state index contributed by atoms with van der Waals surface area (Å²) in [6.07, 6.45) is 3.39. The first kappa shape index (κ1) is 12.1. The molecule has 1 heterocycles. The molecule has 3 N–H and O–H groups in total. The SMILES string of the molecule is N[C@@H]1CC[C@H](CNc2nnnn2-c2ccccc2)C1. The molecule has 0 saturated heterocycles. The van der Waals surface area contributed by atoms with Crippen molar-refractivity contribution >= 4 is 5.95 Å². The lowest BCUT2D eigenvalue weighted by Gasteiger charge is -2.11. The maximum Gasteiger partial charge on any atom is 0.247 e. The van der Waals surface area contributed by atoms with Crippen LogP contribution in [0.1, 0.15) is 19.3 Å². The Kier molecular flexibility index (Phi) is 3.41. The maximum absolute atomic E-state index is 5.92. The quantitative estimate of drug-likeness (QED) is 0.861. The number of para-hydroxylation sites is 1. The van der Waals surface area contributed by atoms with Crippen molar-refractivity contribution in [2.75, 3.05) is 11.9 Å². The summed E-state index contributed by atoms with van der Waals surface area (Å²) < 4.78 is 1.72. The number of nitrogens with zero attached hydrogens (tertiary/aromatic N) is 4. The lowest BCUT2D eigenvalue weighted by molar-refractivity contribution is 0.563. The minimum absolute atomic E-state index is 0.358. The van der Waals surface area contributed by atoms with Gasteiger partial charge in [0, 0.05) is 12.6 Å². The van der Waals surface area contributed by atoms with E-state index in [0.29, 0.717) is 17.9 Å². The first-order valence-electron chi connectivity index (χ1n) is 6.66. The maximum atomic E-state index is 5.92. The third-order valence-corrected chi connectivity index (χ3v) is 3.60. The van der Waals surface area contributed by atoms with E-state index in [2.05, 4.69) is 20.8 Å². The Morgan fingerprint density at radius 1 is 1.26 bits per heavy atom. The largest absolute Gasteiger partial charge is 0.352 e. The smallest absolute Gasteiger partial charge is 0.247 e. The van der Waals surface area contributed by atoms with Crippen LogP contribution in [0.2, 0.25) is 0 Å². The van der Waals surface area contributed by atoms with Gasteiger partial charge in [-0.3, -0.25) is 0 Å². The molecule has 1 aromatic heterocycles. The number of benzene rings is 1. The summed E-state index contributed by atoms with van der Waals surface area (Å²) in [5, 5.41) is 15.1. The Bertz CT molecular complexity index is 523. The fourth-order valence-electron chi connectivity index (χ4n) is 2.58. The molecule has 2 aromatic rings. The fraction of sp³-hybridized carbons (Fsp3) is 0.462. The highest BCUT2D eigenvalue weighted by Crippen LogP contribution is 2.24. The first-order chi connectivity index (χ1) is 9.33. The monoisotopic (exact) mass is 258 g/mol. The van der Waals surface area contributed by atoms with Crippen molar-refractivity contribution in [1.29, 1.82) is 0 Å². The minimum Gasteiger partial charge on any atom is -0.352 e. The van der Waals surface area contributed by atoms with Crippen LogP contribution in [0, 0.1) is 5.92 Å². The Labute approximate surface area is 112 Å². The van der Waals surface area contributed by atoms with E-state index in [1.807, 2.05) is 30.3 Å². The molecule has 0 amide bonds. The second-order valence-electron chi connectivity index (χ2n) is 5.07. The van der Waals surface area contributed by atoms with E-state index in [1.165, 1.54) is 6.42 Å². The van der Waals surface area contributed by atoms with E-state index in [0.717, 1.165) is 25.1 Å². The van der Waals surface area contributed by atoms with Crippen molar-refractivity contribution in [1.82, 2.24) is 20.2 Å². The number of hydrogen-bond acceptors (Lipinski definition) is 5. The van der Waals surface area contributed by atoms with Crippen molar-refractivity contribution < 1.29 is 0 Å². The number of aromatic nitrogens is 4. The molecule has 0 radical (unpaired) electrons. The summed E-state index contributed by atoms with van der Waals surface area (Å²) in [6.45, 7) is 0.876. The molecular formula is C13H18N6. The molecule has 2 atom stereocenters. The van der Waals surface area contributed by atoms with Gasteiger partial charge in [-0.2, -0.15) is 4.68 Å². The summed E-state index contributed by atoms with van der Waals surface area (Å²) in [6, 6.07) is 10.2. The first-order valence-corrected chi connectivity index (χ1v) is 6.66. The predicted octanol–water partition coefficient (Wildman–Crippen LogP) is 1.20. The second-order valence-corrected chi connectivity index (χ2v) is 5.07. The van der Waals surface area contributed by atoms with Crippen LogP contribution in [0.4, 0.5) is 5.95 Å². The molecule has 6 nitrogen and oxygen atoms in total. The highest BCUT2D eigenvalue weighted by atomic mass is 15.6. The molecule has 19 heavy (non-hydrogen) atoms. The molecule has 6 heteroatoms. The van der Waals surface area contributed by atoms with E-state index in [1.54, 1.807) is 4.68 Å². The molecule has 1 saturated carbocycles. The number of tetrazole rings is 1. The Morgan fingerprint density at radius 3 is 2.84 bits per heavy atom. The molecule has 0 unspecified atom stereocenters. The summed E-state index contributed by atoms with van der Waals surface area (Å²) in [7, 11) is 0. The zero-order chi connectivity index (χ0) is 13.1. The van der Waals surface area contributed by atoms with Crippen molar-refractivity contribution in [3.8, 4) is 5.69 Å². The van der Waals surface area contributed by atoms with Gasteiger partial charge in [-0.1, -0.05) is 23.3 Å². The molecule has 1 aromatic carbocycles. The average molecular weight is 258 g/mol. The van der Waals surface area contributed by atoms with Gasteiger partial charge in [0.05, 0.1) is 5.69 Å². The van der Waals surface area contributed by atoms with Crippen LogP contribution < -0.4 is 11.1 Å². The van der Waals surface area contributed by atoms with Crippen LogP contribution in [-0.4, -0.2) is 32.8 Å². The van der Waals surface area contributed by atoms with E-state index < -0.39 is 0 Å². The number of hydrogen-bond donors (Lipinski definition) is 2. The summed E-state index contributed by atoms with van der Waals surface area (Å²) in [5.41, 5.74) is 6.88. The van der Waals surface area contributed by atoms with Gasteiger partial charge in [0.15, 0.2) is 0 Å². The van der Waals surface area contributed by atoms with E-state index in [9.17, 15) is 0 Å². The van der Waals surface area contributed by atoms with Gasteiger partial charge < -0.3 is 11.1 Å². The van der Waals surface area contributed by atoms with Gasteiger partial charge in [0.1, 0.15) is 0 Å². The molecule has 100 valence electrons. The second kappa shape index (κ2) is 5.36. The Morgan fingerprint density at radius 2 is 2.11 bits per heavy atom. The molecule has 3 rings (SSSR count). The third kappa shape index (κ3) is 2.73. The van der Waals surface area contributed by atoms with E-state index in [4.69, 9.17) is 5.73 Å². The molecule has 0 spiro atoms. The molecule has 1 aliphatic carbocycles. The molecule has 0 aliphatic heterocycles. The predicted molar refractivity (Wildman–Crippen MR) is 73.0 cm³/mol. The van der Waals surface area contributed by atoms with Gasteiger partial charge in [0.2, 0.25) is 5.95 Å². The zero-order valence-electron chi connectivity index (χ0n) is 10.7. The highest BCUT2D eigenvalue weighted by molar-refractivity contribution is 5.38. The number of anilines is 1. The van der Waals surface area contributed by atoms with Crippen LogP contribution in [0.3, 0.4) is 0 Å². The standard InChI is InChI=1S/C13H18N6/c14-11-7-6-10(8-11)9-15-13-16-17-18-19(13)12-4-2-1-3-5-12/h1-5,10-11H,6-9,14H2,(H,15,16,18)/t10-,11+/m0/s1.